The van der Waals surface area contributed by atoms with Crippen molar-refractivity contribution >= 4 is 17.6 Å². The summed E-state index contributed by atoms with van der Waals surface area (Å²) in [7, 11) is 0. The normalized spacial score (nSPS) is 13.2. The van der Waals surface area contributed by atoms with Crippen LogP contribution in [0.1, 0.15) is 28.8 Å². The minimum absolute atomic E-state index is 0.375. The van der Waals surface area contributed by atoms with Gasteiger partial charge in [0.1, 0.15) is 6.07 Å². The van der Waals surface area contributed by atoms with E-state index in [0.29, 0.717) is 29.0 Å². The van der Waals surface area contributed by atoms with Gasteiger partial charge in [0.2, 0.25) is 5.88 Å². The summed E-state index contributed by atoms with van der Waals surface area (Å²) in [6, 6.07) is 16.7. The average molecular weight is 432 g/mol. The smallest absolute Gasteiger partial charge is 0.238 e. The first-order valence-electron chi connectivity index (χ1n) is 10.5. The molecule has 158 valence electrons. The Kier molecular flexibility index (Phi) is 7.00. The molecular weight excluding hydrogens is 406 g/mol. The van der Waals surface area contributed by atoms with Gasteiger partial charge >= 0.3 is 0 Å². The lowest BCUT2D eigenvalue weighted by Crippen LogP contribution is -2.28. The highest BCUT2D eigenvalue weighted by Crippen LogP contribution is 2.30. The van der Waals surface area contributed by atoms with E-state index in [2.05, 4.69) is 45.2 Å². The van der Waals surface area contributed by atoms with Gasteiger partial charge in [0.15, 0.2) is 16.5 Å². The molecule has 0 radical (unpaired) electrons. The van der Waals surface area contributed by atoms with Crippen LogP contribution in [0.2, 0.25) is 0 Å². The number of thioether (sulfide) groups is 1. The molecule has 3 heterocycles. The van der Waals surface area contributed by atoms with E-state index in [1.165, 1.54) is 22.9 Å². The van der Waals surface area contributed by atoms with Crippen LogP contribution in [0.5, 0.6) is 5.88 Å². The van der Waals surface area contributed by atoms with Crippen molar-refractivity contribution in [3.8, 4) is 11.9 Å². The molecule has 1 aliphatic heterocycles. The molecular formula is C24H25N5OS. The zero-order chi connectivity index (χ0) is 21.5. The number of hydrogen-bond donors (Lipinski definition) is 0. The minimum Gasteiger partial charge on any atom is -0.477 e. The van der Waals surface area contributed by atoms with Crippen molar-refractivity contribution in [3.05, 3.63) is 71.0 Å². The van der Waals surface area contributed by atoms with Gasteiger partial charge in [0, 0.05) is 25.0 Å². The van der Waals surface area contributed by atoms with Gasteiger partial charge in [0.05, 0.1) is 6.61 Å². The molecule has 0 saturated carbocycles. The van der Waals surface area contributed by atoms with Gasteiger partial charge in [-0.2, -0.15) is 10.2 Å². The van der Waals surface area contributed by atoms with Crippen LogP contribution >= 0.6 is 11.8 Å². The lowest BCUT2D eigenvalue weighted by molar-refractivity contribution is 0.294. The molecule has 0 amide bonds. The molecule has 6 nitrogen and oxygen atoms in total. The Balaban J connectivity index is 1.51. The summed E-state index contributed by atoms with van der Waals surface area (Å²) in [5, 5.41) is 10.5. The fourth-order valence-corrected chi connectivity index (χ4v) is 4.13. The second-order valence-electron chi connectivity index (χ2n) is 7.35. The van der Waals surface area contributed by atoms with Crippen LogP contribution in [0.3, 0.4) is 0 Å². The van der Waals surface area contributed by atoms with E-state index in [-0.39, 0.29) is 0 Å². The Hall–Kier alpha value is -3.11. The van der Waals surface area contributed by atoms with E-state index in [1.807, 2.05) is 24.5 Å². The van der Waals surface area contributed by atoms with E-state index in [4.69, 9.17) is 9.72 Å². The molecule has 7 heteroatoms. The van der Waals surface area contributed by atoms with Gasteiger partial charge in [-0.25, -0.2) is 4.98 Å². The van der Waals surface area contributed by atoms with E-state index in [1.54, 1.807) is 6.20 Å². The first kappa shape index (κ1) is 21.1. The van der Waals surface area contributed by atoms with Crippen molar-refractivity contribution in [1.29, 1.82) is 5.26 Å². The van der Waals surface area contributed by atoms with Crippen LogP contribution in [-0.4, -0.2) is 40.9 Å². The Morgan fingerprint density at radius 2 is 1.81 bits per heavy atom. The molecule has 2 aromatic heterocycles. The van der Waals surface area contributed by atoms with Gasteiger partial charge in [0.25, 0.3) is 0 Å². The molecule has 0 aliphatic carbocycles. The molecule has 3 aromatic rings. The maximum absolute atomic E-state index is 9.92. The van der Waals surface area contributed by atoms with Crippen LogP contribution in [-0.2, 0) is 19.3 Å². The van der Waals surface area contributed by atoms with E-state index in [9.17, 15) is 5.26 Å². The van der Waals surface area contributed by atoms with E-state index >= 15 is 0 Å². The van der Waals surface area contributed by atoms with Crippen molar-refractivity contribution in [2.24, 2.45) is 0 Å². The van der Waals surface area contributed by atoms with Gasteiger partial charge in [-0.15, -0.1) is 0 Å². The molecule has 1 aromatic carbocycles. The fourth-order valence-electron chi connectivity index (χ4n) is 3.78. The molecule has 0 unspecified atom stereocenters. The number of hydrogen-bond acceptors (Lipinski definition) is 7. The molecule has 1 aliphatic rings. The number of rotatable bonds is 7. The number of nitrogens with zero attached hydrogens (tertiary/aromatic N) is 5. The highest BCUT2D eigenvalue weighted by Gasteiger charge is 2.23. The second kappa shape index (κ2) is 10.3. The Bertz CT molecular complexity index is 1040. The van der Waals surface area contributed by atoms with Crippen LogP contribution in [0, 0.1) is 11.3 Å². The summed E-state index contributed by atoms with van der Waals surface area (Å²) in [5.74, 6) is 1.05. The van der Waals surface area contributed by atoms with Gasteiger partial charge < -0.3 is 9.64 Å². The van der Waals surface area contributed by atoms with E-state index < -0.39 is 0 Å². The maximum atomic E-state index is 9.92. The van der Waals surface area contributed by atoms with Gasteiger partial charge in [-0.3, -0.25) is 4.98 Å². The highest BCUT2D eigenvalue weighted by molar-refractivity contribution is 7.98. The monoisotopic (exact) mass is 431 g/mol. The second-order valence-corrected chi connectivity index (χ2v) is 8.13. The van der Waals surface area contributed by atoms with Crippen LogP contribution in [0.15, 0.2) is 53.8 Å². The number of pyridine rings is 1. The number of aromatic nitrogens is 3. The van der Waals surface area contributed by atoms with Crippen molar-refractivity contribution in [2.75, 3.05) is 30.9 Å². The highest BCUT2D eigenvalue weighted by atomic mass is 32.2. The van der Waals surface area contributed by atoms with Gasteiger partial charge in [-0.1, -0.05) is 42.1 Å². The Morgan fingerprint density at radius 1 is 1.06 bits per heavy atom. The quantitative estimate of drug-likeness (QED) is 0.317. The molecule has 0 fully saturated rings. The third-order valence-corrected chi connectivity index (χ3v) is 5.94. The number of anilines is 1. The number of ether oxygens (including phenoxy) is 1. The first-order chi connectivity index (χ1) is 15.3. The standard InChI is InChI=1S/C24H25N5OS/c1-31-24-27-22(29-14-11-18-7-2-3-8-19(18)12-15-29)21(17-25)23(28-24)30-16-6-10-20-9-4-5-13-26-20/h2-5,7-9,13H,6,10-12,14-16H2,1H3. The van der Waals surface area contributed by atoms with E-state index in [0.717, 1.165) is 44.5 Å². The summed E-state index contributed by atoms with van der Waals surface area (Å²) in [4.78, 5) is 15.7. The SMILES string of the molecule is CSc1nc(OCCCc2ccccn2)c(C#N)c(N2CCc3ccccc3CC2)n1. The summed E-state index contributed by atoms with van der Waals surface area (Å²) in [6.07, 6.45) is 7.22. The lowest BCUT2D eigenvalue weighted by atomic mass is 10.0. The number of nitriles is 1. The summed E-state index contributed by atoms with van der Waals surface area (Å²) < 4.78 is 5.98. The topological polar surface area (TPSA) is 74.9 Å². The first-order valence-corrected chi connectivity index (χ1v) is 11.7. The van der Waals surface area contributed by atoms with Crippen LogP contribution in [0.4, 0.5) is 5.82 Å². The maximum Gasteiger partial charge on any atom is 0.238 e. The molecule has 31 heavy (non-hydrogen) atoms. The zero-order valence-corrected chi connectivity index (χ0v) is 18.4. The molecule has 0 spiro atoms. The molecule has 0 N–H and O–H groups in total. The lowest BCUT2D eigenvalue weighted by Gasteiger charge is -2.23. The zero-order valence-electron chi connectivity index (χ0n) is 17.6. The summed E-state index contributed by atoms with van der Waals surface area (Å²) >= 11 is 1.46. The van der Waals surface area contributed by atoms with Crippen molar-refractivity contribution in [3.63, 3.8) is 0 Å². The summed E-state index contributed by atoms with van der Waals surface area (Å²) in [6.45, 7) is 2.10. The van der Waals surface area contributed by atoms with Crippen LogP contribution in [0.25, 0.3) is 0 Å². The van der Waals surface area contributed by atoms with Gasteiger partial charge in [-0.05, 0) is 55.2 Å². The predicted molar refractivity (Wildman–Crippen MR) is 123 cm³/mol. The third-order valence-electron chi connectivity index (χ3n) is 5.39. The minimum atomic E-state index is 0.375. The third kappa shape index (κ3) is 5.15. The van der Waals surface area contributed by atoms with Crippen molar-refractivity contribution < 1.29 is 4.74 Å². The summed E-state index contributed by atoms with van der Waals surface area (Å²) in [5.41, 5.74) is 4.19. The van der Waals surface area contributed by atoms with Crippen molar-refractivity contribution in [1.82, 2.24) is 15.0 Å². The predicted octanol–water partition coefficient (Wildman–Crippen LogP) is 4.08. The number of benzene rings is 1. The molecule has 0 atom stereocenters. The average Bonchev–Trinajstić information content (AvgIpc) is 3.04. The molecule has 4 rings (SSSR count). The Morgan fingerprint density at radius 3 is 2.45 bits per heavy atom. The van der Waals surface area contributed by atoms with Crippen LogP contribution < -0.4 is 9.64 Å². The number of aryl methyl sites for hydroxylation is 1. The van der Waals surface area contributed by atoms with Crippen molar-refractivity contribution in [2.45, 2.75) is 30.8 Å². The number of fused-ring (bicyclic) bond motifs is 1. The molecule has 0 saturated heterocycles. The molecule has 0 bridgehead atoms. The fraction of sp³-hybridized carbons (Fsp3) is 0.333. The largest absolute Gasteiger partial charge is 0.477 e. The Labute approximate surface area is 187 Å².